The van der Waals surface area contributed by atoms with Gasteiger partial charge in [0.2, 0.25) is 0 Å². The lowest BCUT2D eigenvalue weighted by atomic mass is 10.1. The van der Waals surface area contributed by atoms with Gasteiger partial charge in [0.05, 0.1) is 11.6 Å². The van der Waals surface area contributed by atoms with E-state index in [0.717, 1.165) is 0 Å². The van der Waals surface area contributed by atoms with Crippen LogP contribution in [0.2, 0.25) is 0 Å². The number of para-hydroxylation sites is 1. The molecule has 172 valence electrons. The molecule has 8 nitrogen and oxygen atoms in total. The fourth-order valence-electron chi connectivity index (χ4n) is 2.88. The van der Waals surface area contributed by atoms with E-state index >= 15 is 0 Å². The van der Waals surface area contributed by atoms with E-state index in [1.54, 1.807) is 24.3 Å². The predicted molar refractivity (Wildman–Crippen MR) is 132 cm³/mol. The van der Waals surface area contributed by atoms with Gasteiger partial charge in [0, 0.05) is 11.4 Å². The molecule has 0 aromatic heterocycles. The summed E-state index contributed by atoms with van der Waals surface area (Å²) in [4.78, 5) is 24.7. The van der Waals surface area contributed by atoms with Crippen LogP contribution in [0.4, 0.5) is 11.4 Å². The first-order valence-corrected chi connectivity index (χ1v) is 10.8. The average molecular weight is 522 g/mol. The third kappa shape index (κ3) is 6.60. The number of nitrogens with one attached hydrogen (secondary N) is 2. The average Bonchev–Trinajstić information content (AvgIpc) is 2.83. The zero-order valence-corrected chi connectivity index (χ0v) is 19.6. The second kappa shape index (κ2) is 11.5. The molecule has 0 aliphatic carbocycles. The van der Waals surface area contributed by atoms with E-state index in [1.807, 2.05) is 24.3 Å². The van der Waals surface area contributed by atoms with E-state index in [0.29, 0.717) is 32.9 Å². The number of nitrogens with zero attached hydrogens (tertiary/aromatic N) is 1. The van der Waals surface area contributed by atoms with Gasteiger partial charge in [-0.1, -0.05) is 18.2 Å². The van der Waals surface area contributed by atoms with Gasteiger partial charge in [-0.3, -0.25) is 9.59 Å². The third-order valence-electron chi connectivity index (χ3n) is 4.46. The lowest BCUT2D eigenvalue weighted by molar-refractivity contribution is -0.118. The highest BCUT2D eigenvalue weighted by Gasteiger charge is 2.15. The molecule has 0 saturated carbocycles. The van der Waals surface area contributed by atoms with Gasteiger partial charge in [-0.05, 0) is 76.1 Å². The Morgan fingerprint density at radius 1 is 1.06 bits per heavy atom. The van der Waals surface area contributed by atoms with Crippen molar-refractivity contribution in [2.45, 2.75) is 0 Å². The first-order chi connectivity index (χ1) is 16.4. The summed E-state index contributed by atoms with van der Waals surface area (Å²) in [6, 6.07) is 20.0. The van der Waals surface area contributed by atoms with Crippen LogP contribution in [0.15, 0.2) is 76.8 Å². The number of rotatable bonds is 8. The van der Waals surface area contributed by atoms with E-state index in [4.69, 9.17) is 9.47 Å². The molecule has 0 heterocycles. The summed E-state index contributed by atoms with van der Waals surface area (Å²) in [6.45, 7) is -0.252. The Morgan fingerprint density at radius 3 is 2.38 bits per heavy atom. The smallest absolute Gasteiger partial charge is 0.266 e. The van der Waals surface area contributed by atoms with Crippen LogP contribution in [0.25, 0.3) is 6.08 Å². The number of aromatic hydroxyl groups is 1. The normalized spacial score (nSPS) is 10.7. The first kappa shape index (κ1) is 24.4. The maximum atomic E-state index is 12.5. The largest absolute Gasteiger partial charge is 0.508 e. The topological polar surface area (TPSA) is 121 Å². The SMILES string of the molecule is COc1cc(/C=C(\C#N)C(=O)Nc2ccc(O)cc2)cc(Br)c1OCC(=O)Nc1ccccc1. The van der Waals surface area contributed by atoms with Crippen molar-refractivity contribution in [2.75, 3.05) is 24.4 Å². The van der Waals surface area contributed by atoms with Crippen LogP contribution in [0.3, 0.4) is 0 Å². The van der Waals surface area contributed by atoms with Crippen molar-refractivity contribution >= 4 is 45.2 Å². The molecule has 0 radical (unpaired) electrons. The van der Waals surface area contributed by atoms with Crippen LogP contribution in [-0.2, 0) is 9.59 Å². The van der Waals surface area contributed by atoms with Gasteiger partial charge in [0.15, 0.2) is 18.1 Å². The highest BCUT2D eigenvalue weighted by Crippen LogP contribution is 2.37. The van der Waals surface area contributed by atoms with Crippen LogP contribution in [-0.4, -0.2) is 30.6 Å². The van der Waals surface area contributed by atoms with Crippen LogP contribution in [0, 0.1) is 11.3 Å². The number of hydrogen-bond donors (Lipinski definition) is 3. The number of halogens is 1. The molecule has 3 N–H and O–H groups in total. The second-order valence-corrected chi connectivity index (χ2v) is 7.76. The van der Waals surface area contributed by atoms with Crippen molar-refractivity contribution < 1.29 is 24.2 Å². The Balaban J connectivity index is 1.73. The van der Waals surface area contributed by atoms with Gasteiger partial charge in [0.1, 0.15) is 17.4 Å². The maximum absolute atomic E-state index is 12.5. The Hall–Kier alpha value is -4.29. The van der Waals surface area contributed by atoms with Crippen LogP contribution < -0.4 is 20.1 Å². The Kier molecular flexibility index (Phi) is 8.26. The number of hydrogen-bond acceptors (Lipinski definition) is 6. The summed E-state index contributed by atoms with van der Waals surface area (Å²) >= 11 is 3.39. The Labute approximate surface area is 204 Å². The van der Waals surface area contributed by atoms with Crippen LogP contribution in [0.1, 0.15) is 5.56 Å². The van der Waals surface area contributed by atoms with Crippen LogP contribution >= 0.6 is 15.9 Å². The minimum Gasteiger partial charge on any atom is -0.508 e. The number of carbonyl (C=O) groups excluding carboxylic acids is 2. The summed E-state index contributed by atoms with van der Waals surface area (Å²) < 4.78 is 11.5. The van der Waals surface area contributed by atoms with Crippen LogP contribution in [0.5, 0.6) is 17.2 Å². The van der Waals surface area contributed by atoms with Crippen molar-refractivity contribution in [2.24, 2.45) is 0 Å². The molecule has 0 atom stereocenters. The van der Waals surface area contributed by atoms with Gasteiger partial charge in [0.25, 0.3) is 11.8 Å². The monoisotopic (exact) mass is 521 g/mol. The predicted octanol–water partition coefficient (Wildman–Crippen LogP) is 4.73. The van der Waals surface area contributed by atoms with Crippen molar-refractivity contribution in [1.29, 1.82) is 5.26 Å². The molecule has 0 saturated heterocycles. The Morgan fingerprint density at radius 2 is 1.74 bits per heavy atom. The molecule has 3 rings (SSSR count). The zero-order valence-electron chi connectivity index (χ0n) is 18.0. The van der Waals surface area contributed by atoms with Crippen molar-refractivity contribution in [3.63, 3.8) is 0 Å². The molecule has 3 aromatic carbocycles. The van der Waals surface area contributed by atoms with Gasteiger partial charge in [-0.15, -0.1) is 0 Å². The third-order valence-corrected chi connectivity index (χ3v) is 5.05. The van der Waals surface area contributed by atoms with E-state index in [9.17, 15) is 20.0 Å². The standard InChI is InChI=1S/C25H20BrN3O5/c1-33-22-13-16(11-17(14-27)25(32)29-19-7-9-20(30)10-8-19)12-21(26)24(22)34-15-23(31)28-18-5-3-2-4-6-18/h2-13,30H,15H2,1H3,(H,28,31)(H,29,32)/b17-11+. The van der Waals surface area contributed by atoms with Crippen molar-refractivity contribution in [1.82, 2.24) is 0 Å². The number of benzene rings is 3. The van der Waals surface area contributed by atoms with Gasteiger partial charge in [-0.2, -0.15) is 5.26 Å². The van der Waals surface area contributed by atoms with Crippen molar-refractivity contribution in [3.05, 3.63) is 82.3 Å². The molecular formula is C25H20BrN3O5. The quantitative estimate of drug-likeness (QED) is 0.224. The number of ether oxygens (including phenoxy) is 2. The highest BCUT2D eigenvalue weighted by atomic mass is 79.9. The number of methoxy groups -OCH3 is 1. The van der Waals surface area contributed by atoms with E-state index in [2.05, 4.69) is 26.6 Å². The van der Waals surface area contributed by atoms with E-state index in [-0.39, 0.29) is 23.8 Å². The van der Waals surface area contributed by atoms with E-state index in [1.165, 1.54) is 37.5 Å². The summed E-state index contributed by atoms with van der Waals surface area (Å²) in [5, 5.41) is 24.1. The summed E-state index contributed by atoms with van der Waals surface area (Å²) in [7, 11) is 1.44. The minimum absolute atomic E-state index is 0.0610. The second-order valence-electron chi connectivity index (χ2n) is 6.91. The molecule has 9 heteroatoms. The summed E-state index contributed by atoms with van der Waals surface area (Å²) in [5.74, 6) is -0.284. The van der Waals surface area contributed by atoms with Gasteiger partial charge < -0.3 is 25.2 Å². The van der Waals surface area contributed by atoms with Gasteiger partial charge >= 0.3 is 0 Å². The minimum atomic E-state index is -0.610. The molecule has 0 unspecified atom stereocenters. The van der Waals surface area contributed by atoms with Crippen molar-refractivity contribution in [3.8, 4) is 23.3 Å². The number of phenols is 1. The van der Waals surface area contributed by atoms with E-state index < -0.39 is 5.91 Å². The molecule has 0 aliphatic heterocycles. The fraction of sp³-hybridized carbons (Fsp3) is 0.0800. The number of nitriles is 1. The highest BCUT2D eigenvalue weighted by molar-refractivity contribution is 9.10. The molecular weight excluding hydrogens is 502 g/mol. The number of anilines is 2. The number of carbonyl (C=O) groups is 2. The molecule has 2 amide bonds. The van der Waals surface area contributed by atoms with Gasteiger partial charge in [-0.25, -0.2) is 0 Å². The lowest BCUT2D eigenvalue weighted by Crippen LogP contribution is -2.20. The molecule has 0 aliphatic rings. The lowest BCUT2D eigenvalue weighted by Gasteiger charge is -2.14. The molecule has 0 spiro atoms. The first-order valence-electron chi connectivity index (χ1n) is 9.97. The number of phenolic OH excluding ortho intramolecular Hbond substituents is 1. The molecule has 3 aromatic rings. The summed E-state index contributed by atoms with van der Waals surface area (Å²) in [6.07, 6.45) is 1.40. The zero-order chi connectivity index (χ0) is 24.5. The molecule has 0 fully saturated rings. The fourth-order valence-corrected chi connectivity index (χ4v) is 3.45. The summed E-state index contributed by atoms with van der Waals surface area (Å²) in [5.41, 5.74) is 1.44. The maximum Gasteiger partial charge on any atom is 0.266 e. The Bertz CT molecular complexity index is 1250. The molecule has 0 bridgehead atoms. The molecule has 34 heavy (non-hydrogen) atoms. The number of amides is 2.